The maximum Gasteiger partial charge on any atom is 0.416 e. The van der Waals surface area contributed by atoms with E-state index in [1.165, 1.54) is 36.2 Å². The van der Waals surface area contributed by atoms with Crippen molar-refractivity contribution >= 4 is 22.6 Å². The lowest BCUT2D eigenvalue weighted by Gasteiger charge is -2.38. The van der Waals surface area contributed by atoms with E-state index < -0.39 is 35.0 Å². The van der Waals surface area contributed by atoms with E-state index in [1.54, 1.807) is 6.92 Å². The second-order valence-electron chi connectivity index (χ2n) is 11.2. The molecule has 0 saturated heterocycles. The largest absolute Gasteiger partial charge is 0.469 e. The first-order valence-corrected chi connectivity index (χ1v) is 15.1. The third-order valence-corrected chi connectivity index (χ3v) is 8.45. The van der Waals surface area contributed by atoms with E-state index in [2.05, 4.69) is 10.4 Å². The summed E-state index contributed by atoms with van der Waals surface area (Å²) in [5.41, 5.74) is 1.58. The number of carbonyl (C=O) groups is 1. The average molecular weight is 638 g/mol. The zero-order chi connectivity index (χ0) is 33.2. The number of alkyl halides is 3. The molecule has 9 heteroatoms. The first-order chi connectivity index (χ1) is 22.7. The summed E-state index contributed by atoms with van der Waals surface area (Å²) in [6.07, 6.45) is -2.91. The molecule has 1 unspecified atom stereocenters. The SMILES string of the molecule is CCC(C(=O)OC)c1ccc(C(F)(F)F)cc1-n1ncc2c(NC(c3ccccc3)(c3ccccc3)c3ccccc3)cc(F)cc21. The quantitative estimate of drug-likeness (QED) is 0.0976. The van der Waals surface area contributed by atoms with Gasteiger partial charge in [-0.3, -0.25) is 4.79 Å². The summed E-state index contributed by atoms with van der Waals surface area (Å²) in [5, 5.41) is 8.61. The number of hydrogen-bond acceptors (Lipinski definition) is 4. The molecule has 0 aliphatic carbocycles. The van der Waals surface area contributed by atoms with Crippen LogP contribution in [0.2, 0.25) is 0 Å². The molecule has 6 aromatic rings. The van der Waals surface area contributed by atoms with Gasteiger partial charge in [0, 0.05) is 17.1 Å². The van der Waals surface area contributed by atoms with E-state index in [0.717, 1.165) is 28.8 Å². The highest BCUT2D eigenvalue weighted by Crippen LogP contribution is 2.43. The molecule has 5 aromatic carbocycles. The summed E-state index contributed by atoms with van der Waals surface area (Å²) >= 11 is 0. The van der Waals surface area contributed by atoms with Crippen molar-refractivity contribution in [1.29, 1.82) is 0 Å². The number of rotatable bonds is 9. The van der Waals surface area contributed by atoms with Gasteiger partial charge in [-0.15, -0.1) is 0 Å². The number of carbonyl (C=O) groups excluding carboxylic acids is 1. The predicted octanol–water partition coefficient (Wildman–Crippen LogP) is 9.25. The monoisotopic (exact) mass is 637 g/mol. The second kappa shape index (κ2) is 12.7. The van der Waals surface area contributed by atoms with Crippen molar-refractivity contribution in [2.24, 2.45) is 0 Å². The van der Waals surface area contributed by atoms with Gasteiger partial charge in [-0.25, -0.2) is 9.07 Å². The van der Waals surface area contributed by atoms with Crippen molar-refractivity contribution < 1.29 is 27.1 Å². The van der Waals surface area contributed by atoms with Crippen molar-refractivity contribution in [3.63, 3.8) is 0 Å². The molecule has 0 fully saturated rings. The van der Waals surface area contributed by atoms with E-state index in [4.69, 9.17) is 4.74 Å². The van der Waals surface area contributed by atoms with E-state index in [-0.39, 0.29) is 23.2 Å². The fourth-order valence-corrected chi connectivity index (χ4v) is 6.22. The molecule has 0 radical (unpaired) electrons. The van der Waals surface area contributed by atoms with E-state index in [1.807, 2.05) is 91.0 Å². The van der Waals surface area contributed by atoms with Gasteiger partial charge in [-0.2, -0.15) is 18.3 Å². The van der Waals surface area contributed by atoms with Crippen LogP contribution in [0.1, 0.15) is 47.1 Å². The number of hydrogen-bond donors (Lipinski definition) is 1. The van der Waals surface area contributed by atoms with Gasteiger partial charge < -0.3 is 10.1 Å². The molecular formula is C38H31F4N3O2. The average Bonchev–Trinajstić information content (AvgIpc) is 3.52. The summed E-state index contributed by atoms with van der Waals surface area (Å²) in [7, 11) is 1.23. The molecule has 0 bridgehead atoms. The molecule has 0 aliphatic rings. The van der Waals surface area contributed by atoms with Crippen LogP contribution < -0.4 is 5.32 Å². The minimum Gasteiger partial charge on any atom is -0.469 e. The van der Waals surface area contributed by atoms with Gasteiger partial charge in [0.1, 0.15) is 11.4 Å². The number of anilines is 1. The fourth-order valence-electron chi connectivity index (χ4n) is 6.22. The Hall–Kier alpha value is -5.44. The molecule has 5 nitrogen and oxygen atoms in total. The van der Waals surface area contributed by atoms with E-state index in [9.17, 15) is 18.0 Å². The standard InChI is InChI=1S/C38H31F4N3O2/c1-3-30(36(46)47-2)31-20-19-28(38(40,41)42)21-34(31)45-35-23-29(39)22-33(32(35)24-43-45)44-37(25-13-7-4-8-14-25,26-15-9-5-10-16-26)27-17-11-6-12-18-27/h4-24,30,44H,3H2,1-2H3. The number of methoxy groups -OCH3 is 1. The highest BCUT2D eigenvalue weighted by atomic mass is 19.4. The van der Waals surface area contributed by atoms with Crippen LogP contribution in [-0.2, 0) is 21.2 Å². The van der Waals surface area contributed by atoms with Crippen LogP contribution in [0.3, 0.4) is 0 Å². The molecule has 0 amide bonds. The van der Waals surface area contributed by atoms with Gasteiger partial charge in [0.25, 0.3) is 0 Å². The second-order valence-corrected chi connectivity index (χ2v) is 11.2. The molecule has 0 spiro atoms. The Kier molecular flexibility index (Phi) is 8.56. The topological polar surface area (TPSA) is 56.2 Å². The Balaban J connectivity index is 1.61. The van der Waals surface area contributed by atoms with Gasteiger partial charge in [-0.05, 0) is 46.9 Å². The number of halogens is 4. The van der Waals surface area contributed by atoms with Crippen LogP contribution in [0.15, 0.2) is 128 Å². The molecule has 238 valence electrons. The van der Waals surface area contributed by atoms with Crippen LogP contribution in [0.4, 0.5) is 23.2 Å². The van der Waals surface area contributed by atoms with Gasteiger partial charge in [-0.1, -0.05) is 104 Å². The van der Waals surface area contributed by atoms with Crippen LogP contribution >= 0.6 is 0 Å². The highest BCUT2D eigenvalue weighted by Gasteiger charge is 2.37. The lowest BCUT2D eigenvalue weighted by molar-refractivity contribution is -0.142. The first-order valence-electron chi connectivity index (χ1n) is 15.1. The lowest BCUT2D eigenvalue weighted by atomic mass is 9.76. The molecule has 1 aromatic heterocycles. The van der Waals surface area contributed by atoms with Crippen LogP contribution in [0.25, 0.3) is 16.6 Å². The Bertz CT molecular complexity index is 1910. The summed E-state index contributed by atoms with van der Waals surface area (Å²) in [6.45, 7) is 1.74. The zero-order valence-electron chi connectivity index (χ0n) is 25.6. The number of benzene rings is 5. The van der Waals surface area contributed by atoms with Gasteiger partial charge in [0.05, 0.1) is 36.0 Å². The number of ether oxygens (including phenoxy) is 1. The molecule has 47 heavy (non-hydrogen) atoms. The predicted molar refractivity (Wildman–Crippen MR) is 174 cm³/mol. The maximum absolute atomic E-state index is 15.7. The highest BCUT2D eigenvalue weighted by molar-refractivity contribution is 5.94. The molecule has 1 N–H and O–H groups in total. The summed E-state index contributed by atoms with van der Waals surface area (Å²) < 4.78 is 63.8. The minimum atomic E-state index is -4.66. The van der Waals surface area contributed by atoms with Crippen molar-refractivity contribution in [1.82, 2.24) is 9.78 Å². The maximum atomic E-state index is 15.7. The Morgan fingerprint density at radius 1 is 0.809 bits per heavy atom. The first kappa shape index (κ1) is 31.5. The van der Waals surface area contributed by atoms with E-state index in [0.29, 0.717) is 11.1 Å². The van der Waals surface area contributed by atoms with Crippen molar-refractivity contribution in [3.8, 4) is 5.69 Å². The van der Waals surface area contributed by atoms with Crippen molar-refractivity contribution in [2.45, 2.75) is 31.0 Å². The molecule has 1 heterocycles. The number of nitrogens with one attached hydrogen (secondary N) is 1. The Morgan fingerprint density at radius 2 is 1.36 bits per heavy atom. The molecule has 0 aliphatic heterocycles. The van der Waals surface area contributed by atoms with Crippen LogP contribution in [0, 0.1) is 5.82 Å². The number of esters is 1. The van der Waals surface area contributed by atoms with Crippen molar-refractivity contribution in [2.75, 3.05) is 12.4 Å². The van der Waals surface area contributed by atoms with Gasteiger partial charge in [0.15, 0.2) is 0 Å². The van der Waals surface area contributed by atoms with Crippen LogP contribution in [0.5, 0.6) is 0 Å². The van der Waals surface area contributed by atoms with Gasteiger partial charge >= 0.3 is 12.1 Å². The Morgan fingerprint density at radius 3 is 1.85 bits per heavy atom. The summed E-state index contributed by atoms with van der Waals surface area (Å²) in [4.78, 5) is 12.7. The number of fused-ring (bicyclic) bond motifs is 1. The normalized spacial score (nSPS) is 12.6. The molecular weight excluding hydrogens is 606 g/mol. The fraction of sp³-hybridized carbons (Fsp3) is 0.158. The number of aromatic nitrogens is 2. The van der Waals surface area contributed by atoms with Crippen LogP contribution in [-0.4, -0.2) is 22.9 Å². The molecule has 0 saturated carbocycles. The molecule has 1 atom stereocenters. The minimum absolute atomic E-state index is 0.00377. The van der Waals surface area contributed by atoms with E-state index >= 15 is 4.39 Å². The summed E-state index contributed by atoms with van der Waals surface area (Å²) in [5.74, 6) is -2.10. The van der Waals surface area contributed by atoms with Crippen molar-refractivity contribution in [3.05, 3.63) is 161 Å². The third kappa shape index (κ3) is 5.85. The zero-order valence-corrected chi connectivity index (χ0v) is 25.6. The number of nitrogens with zero attached hydrogens (tertiary/aromatic N) is 2. The van der Waals surface area contributed by atoms with Gasteiger partial charge in [0.2, 0.25) is 0 Å². The lowest BCUT2D eigenvalue weighted by Crippen LogP contribution is -2.38. The summed E-state index contributed by atoms with van der Waals surface area (Å²) in [6, 6.07) is 34.9. The Labute approximate surface area is 269 Å². The third-order valence-electron chi connectivity index (χ3n) is 8.45. The smallest absolute Gasteiger partial charge is 0.416 e. The molecule has 6 rings (SSSR count).